The zero-order valence-electron chi connectivity index (χ0n) is 19.3. The lowest BCUT2D eigenvalue weighted by Gasteiger charge is -2.19. The number of nitrogens with zero attached hydrogens (tertiary/aromatic N) is 1. The van der Waals surface area contributed by atoms with Gasteiger partial charge >= 0.3 is 0 Å². The number of hydroxylamine groups is 1. The van der Waals surface area contributed by atoms with Gasteiger partial charge in [0.1, 0.15) is 5.75 Å². The summed E-state index contributed by atoms with van der Waals surface area (Å²) in [5.41, 5.74) is 9.80. The Morgan fingerprint density at radius 3 is 2.33 bits per heavy atom. The molecule has 2 aromatic carbocycles. The van der Waals surface area contributed by atoms with Crippen LogP contribution in [0.4, 0.5) is 0 Å². The molecule has 1 heterocycles. The number of hydrogen-bond acceptors (Lipinski definition) is 5. The third-order valence-corrected chi connectivity index (χ3v) is 4.96. The first-order valence-corrected chi connectivity index (χ1v) is 10.7. The molecule has 3 aromatic rings. The maximum Gasteiger partial charge on any atom is 0.289 e. The van der Waals surface area contributed by atoms with E-state index in [1.165, 1.54) is 0 Å². The number of primary amides is 1. The van der Waals surface area contributed by atoms with Gasteiger partial charge in [-0.25, -0.2) is 5.48 Å². The number of aromatic nitrogens is 1. The first-order chi connectivity index (χ1) is 15.6. The SMILES string of the molecule is CCc1c(C(=O)C(N)=O)c2c(OCC(=O)NOC(C)(C)C)cccc2n1Cc1ccccc1. The summed E-state index contributed by atoms with van der Waals surface area (Å²) in [6.45, 7) is 7.49. The van der Waals surface area contributed by atoms with Crippen molar-refractivity contribution in [3.05, 3.63) is 65.4 Å². The van der Waals surface area contributed by atoms with Gasteiger partial charge in [0, 0.05) is 12.2 Å². The van der Waals surface area contributed by atoms with Crippen LogP contribution in [0.5, 0.6) is 5.75 Å². The van der Waals surface area contributed by atoms with Crippen molar-refractivity contribution in [2.45, 2.75) is 46.3 Å². The molecule has 0 saturated heterocycles. The maximum atomic E-state index is 12.9. The van der Waals surface area contributed by atoms with E-state index >= 15 is 0 Å². The second-order valence-corrected chi connectivity index (χ2v) is 8.62. The van der Waals surface area contributed by atoms with E-state index in [9.17, 15) is 14.4 Å². The molecule has 0 fully saturated rings. The number of hydrogen-bond donors (Lipinski definition) is 2. The van der Waals surface area contributed by atoms with Crippen molar-refractivity contribution < 1.29 is 24.0 Å². The van der Waals surface area contributed by atoms with Crippen LogP contribution in [-0.4, -0.2) is 34.4 Å². The third kappa shape index (κ3) is 5.59. The van der Waals surface area contributed by atoms with Gasteiger partial charge in [-0.1, -0.05) is 43.3 Å². The van der Waals surface area contributed by atoms with Crippen LogP contribution in [0, 0.1) is 0 Å². The van der Waals surface area contributed by atoms with Gasteiger partial charge < -0.3 is 15.0 Å². The van der Waals surface area contributed by atoms with E-state index in [4.69, 9.17) is 15.3 Å². The number of amides is 2. The van der Waals surface area contributed by atoms with Gasteiger partial charge in [-0.2, -0.15) is 0 Å². The number of Topliss-reactive ketones (excluding diaryl/α,β-unsaturated/α-hetero) is 1. The summed E-state index contributed by atoms with van der Waals surface area (Å²) >= 11 is 0. The Hall–Kier alpha value is -3.65. The number of ether oxygens (including phenoxy) is 1. The maximum absolute atomic E-state index is 12.9. The quantitative estimate of drug-likeness (QED) is 0.295. The predicted molar refractivity (Wildman–Crippen MR) is 125 cm³/mol. The van der Waals surface area contributed by atoms with Crippen LogP contribution in [0.3, 0.4) is 0 Å². The standard InChI is InChI=1S/C25H29N3O5/c1-5-17-22(23(30)24(26)31)21-18(28(17)14-16-10-7-6-8-11-16)12-9-13-19(21)32-15-20(29)27-33-25(2,3)4/h6-13H,5,14-15H2,1-4H3,(H2,26,31)(H,27,29). The Morgan fingerprint density at radius 2 is 1.73 bits per heavy atom. The first kappa shape index (κ1) is 24.0. The van der Waals surface area contributed by atoms with Gasteiger partial charge in [0.05, 0.1) is 22.1 Å². The number of carbonyl (C=O) groups excluding carboxylic acids is 3. The molecule has 0 radical (unpaired) electrons. The van der Waals surface area contributed by atoms with Gasteiger partial charge in [0.15, 0.2) is 6.61 Å². The fraction of sp³-hybridized carbons (Fsp3) is 0.320. The number of nitrogens with two attached hydrogens (primary N) is 1. The zero-order valence-corrected chi connectivity index (χ0v) is 19.3. The fourth-order valence-corrected chi connectivity index (χ4v) is 3.61. The molecule has 2 amide bonds. The van der Waals surface area contributed by atoms with Crippen molar-refractivity contribution >= 4 is 28.5 Å². The van der Waals surface area contributed by atoms with Crippen LogP contribution in [0.15, 0.2) is 48.5 Å². The molecule has 0 bridgehead atoms. The van der Waals surface area contributed by atoms with Gasteiger partial charge in [-0.05, 0) is 44.9 Å². The summed E-state index contributed by atoms with van der Waals surface area (Å²) in [6, 6.07) is 15.1. The summed E-state index contributed by atoms with van der Waals surface area (Å²) in [5, 5.41) is 0.457. The van der Waals surface area contributed by atoms with Crippen molar-refractivity contribution in [3.8, 4) is 5.75 Å². The van der Waals surface area contributed by atoms with E-state index in [1.807, 2.05) is 47.9 Å². The minimum atomic E-state index is -1.05. The van der Waals surface area contributed by atoms with Crippen LogP contribution in [-0.2, 0) is 27.4 Å². The smallest absolute Gasteiger partial charge is 0.289 e. The molecule has 174 valence electrons. The van der Waals surface area contributed by atoms with Gasteiger partial charge in [-0.15, -0.1) is 0 Å². The highest BCUT2D eigenvalue weighted by atomic mass is 16.7. The lowest BCUT2D eigenvalue weighted by Crippen LogP contribution is -2.36. The van der Waals surface area contributed by atoms with Gasteiger partial charge in [-0.3, -0.25) is 19.2 Å². The van der Waals surface area contributed by atoms with Crippen molar-refractivity contribution in [2.75, 3.05) is 6.61 Å². The van der Waals surface area contributed by atoms with Crippen LogP contribution in [0.2, 0.25) is 0 Å². The number of carbonyl (C=O) groups is 3. The Morgan fingerprint density at radius 1 is 1.03 bits per heavy atom. The average molecular weight is 452 g/mol. The van der Waals surface area contributed by atoms with E-state index in [-0.39, 0.29) is 12.2 Å². The van der Waals surface area contributed by atoms with Crippen LogP contribution < -0.4 is 16.0 Å². The molecule has 0 aliphatic rings. The topological polar surface area (TPSA) is 113 Å². The van der Waals surface area contributed by atoms with E-state index in [2.05, 4.69) is 5.48 Å². The number of rotatable bonds is 9. The normalized spacial score (nSPS) is 11.4. The first-order valence-electron chi connectivity index (χ1n) is 10.7. The molecular weight excluding hydrogens is 422 g/mol. The summed E-state index contributed by atoms with van der Waals surface area (Å²) in [4.78, 5) is 42.2. The number of nitrogens with one attached hydrogen (secondary N) is 1. The Balaban J connectivity index is 2.06. The second-order valence-electron chi connectivity index (χ2n) is 8.62. The van der Waals surface area contributed by atoms with Crippen molar-refractivity contribution in [1.29, 1.82) is 0 Å². The van der Waals surface area contributed by atoms with E-state index in [0.717, 1.165) is 5.56 Å². The molecule has 33 heavy (non-hydrogen) atoms. The molecule has 0 unspecified atom stereocenters. The molecule has 0 saturated carbocycles. The molecule has 0 atom stereocenters. The zero-order chi connectivity index (χ0) is 24.2. The summed E-state index contributed by atoms with van der Waals surface area (Å²) < 4.78 is 7.75. The highest BCUT2D eigenvalue weighted by Gasteiger charge is 2.27. The minimum absolute atomic E-state index is 0.206. The van der Waals surface area contributed by atoms with Crippen LogP contribution in [0.25, 0.3) is 10.9 Å². The molecule has 3 N–H and O–H groups in total. The largest absolute Gasteiger partial charge is 0.483 e. The van der Waals surface area contributed by atoms with Crippen molar-refractivity contribution in [1.82, 2.24) is 10.0 Å². The fourth-order valence-electron chi connectivity index (χ4n) is 3.61. The Labute approximate surface area is 192 Å². The van der Waals surface area contributed by atoms with Crippen molar-refractivity contribution in [3.63, 3.8) is 0 Å². The Kier molecular flexibility index (Phi) is 7.18. The number of benzene rings is 2. The van der Waals surface area contributed by atoms with Gasteiger partial charge in [0.2, 0.25) is 0 Å². The summed E-state index contributed by atoms with van der Waals surface area (Å²) in [5.74, 6) is -2.01. The van der Waals surface area contributed by atoms with Crippen molar-refractivity contribution in [2.24, 2.45) is 5.73 Å². The lowest BCUT2D eigenvalue weighted by atomic mass is 10.0. The van der Waals surface area contributed by atoms with Gasteiger partial charge in [0.25, 0.3) is 17.6 Å². The average Bonchev–Trinajstić information content (AvgIpc) is 3.09. The highest BCUT2D eigenvalue weighted by molar-refractivity contribution is 6.45. The molecule has 0 aliphatic heterocycles. The van der Waals surface area contributed by atoms with E-state index in [0.29, 0.717) is 35.3 Å². The number of fused-ring (bicyclic) bond motifs is 1. The molecule has 3 rings (SSSR count). The molecule has 1 aromatic heterocycles. The van der Waals surface area contributed by atoms with E-state index in [1.54, 1.807) is 32.9 Å². The lowest BCUT2D eigenvalue weighted by molar-refractivity contribution is -0.147. The summed E-state index contributed by atoms with van der Waals surface area (Å²) in [6.07, 6.45) is 0.495. The predicted octanol–water partition coefficient (Wildman–Crippen LogP) is 3.15. The number of ketones is 1. The molecule has 8 heteroatoms. The molecule has 0 spiro atoms. The summed E-state index contributed by atoms with van der Waals surface area (Å²) in [7, 11) is 0. The minimum Gasteiger partial charge on any atom is -0.483 e. The monoisotopic (exact) mass is 451 g/mol. The third-order valence-electron chi connectivity index (χ3n) is 4.96. The highest BCUT2D eigenvalue weighted by Crippen LogP contribution is 2.35. The molecule has 8 nitrogen and oxygen atoms in total. The molecular formula is C25H29N3O5. The van der Waals surface area contributed by atoms with Crippen LogP contribution in [0.1, 0.15) is 49.3 Å². The second kappa shape index (κ2) is 9.87. The van der Waals surface area contributed by atoms with E-state index < -0.39 is 23.2 Å². The Bertz CT molecular complexity index is 1180. The molecule has 0 aliphatic carbocycles. The van der Waals surface area contributed by atoms with Crippen LogP contribution >= 0.6 is 0 Å².